The maximum Gasteiger partial charge on any atom is 0.289 e. The Balaban J connectivity index is 2.21. The maximum atomic E-state index is 12.4. The summed E-state index contributed by atoms with van der Waals surface area (Å²) in [5.74, 6) is -1.11. The molecule has 146 valence electrons. The summed E-state index contributed by atoms with van der Waals surface area (Å²) in [6, 6.07) is 8.87. The van der Waals surface area contributed by atoms with Crippen molar-refractivity contribution in [1.29, 1.82) is 0 Å². The lowest BCUT2D eigenvalue weighted by Crippen LogP contribution is -2.24. The molecule has 0 fully saturated rings. The summed E-state index contributed by atoms with van der Waals surface area (Å²) in [7, 11) is 0. The maximum absolute atomic E-state index is 12.4. The Labute approximate surface area is 159 Å². The van der Waals surface area contributed by atoms with Crippen LogP contribution in [0.4, 0.5) is 17.1 Å². The van der Waals surface area contributed by atoms with Crippen molar-refractivity contribution in [1.82, 2.24) is 5.32 Å². The van der Waals surface area contributed by atoms with Crippen molar-refractivity contribution in [2.24, 2.45) is 0 Å². The van der Waals surface area contributed by atoms with Gasteiger partial charge in [0.1, 0.15) is 5.56 Å². The van der Waals surface area contributed by atoms with Crippen LogP contribution < -0.4 is 10.6 Å². The van der Waals surface area contributed by atoms with Gasteiger partial charge in [-0.1, -0.05) is 19.4 Å². The van der Waals surface area contributed by atoms with E-state index < -0.39 is 27.1 Å². The van der Waals surface area contributed by atoms with E-state index in [-0.39, 0.29) is 17.2 Å². The van der Waals surface area contributed by atoms with E-state index in [1.54, 1.807) is 12.1 Å². The van der Waals surface area contributed by atoms with E-state index in [9.17, 15) is 29.8 Å². The predicted molar refractivity (Wildman–Crippen MR) is 101 cm³/mol. The number of hydrogen-bond donors (Lipinski definition) is 2. The number of nitrogens with one attached hydrogen (secondary N) is 2. The molecule has 0 unspecified atom stereocenters. The molecule has 2 aromatic rings. The molecule has 28 heavy (non-hydrogen) atoms. The van der Waals surface area contributed by atoms with Crippen molar-refractivity contribution in [2.45, 2.75) is 19.8 Å². The molecule has 2 rings (SSSR count). The minimum absolute atomic E-state index is 0.265. The smallest absolute Gasteiger partial charge is 0.289 e. The molecule has 2 amide bonds. The Kier molecular flexibility index (Phi) is 6.74. The summed E-state index contributed by atoms with van der Waals surface area (Å²) >= 11 is 0. The third kappa shape index (κ3) is 5.10. The van der Waals surface area contributed by atoms with Crippen molar-refractivity contribution in [2.75, 3.05) is 11.9 Å². The van der Waals surface area contributed by atoms with Gasteiger partial charge in [0.2, 0.25) is 0 Å². The number of nitro groups is 2. The molecule has 0 aliphatic heterocycles. The topological polar surface area (TPSA) is 144 Å². The second-order valence-electron chi connectivity index (χ2n) is 5.86. The van der Waals surface area contributed by atoms with Gasteiger partial charge in [0.05, 0.1) is 15.9 Å². The van der Waals surface area contributed by atoms with Gasteiger partial charge in [-0.25, -0.2) is 0 Å². The molecule has 0 aliphatic carbocycles. The van der Waals surface area contributed by atoms with Crippen LogP contribution in [-0.4, -0.2) is 28.2 Å². The van der Waals surface area contributed by atoms with Crippen LogP contribution >= 0.6 is 0 Å². The van der Waals surface area contributed by atoms with Crippen LogP contribution in [0.15, 0.2) is 42.5 Å². The standard InChI is InChI=1S/C18H18N4O6/c1-2-3-9-19-17(23)12-5-4-6-13(10-12)20-18(24)15-8-7-14(21(25)26)11-16(15)22(27)28/h4-8,10-11H,2-3,9H2,1H3,(H,19,23)(H,20,24). The van der Waals surface area contributed by atoms with Crippen LogP contribution in [0.3, 0.4) is 0 Å². The number of benzene rings is 2. The van der Waals surface area contributed by atoms with Crippen LogP contribution in [0.5, 0.6) is 0 Å². The number of hydrogen-bond acceptors (Lipinski definition) is 6. The molecule has 0 atom stereocenters. The lowest BCUT2D eigenvalue weighted by molar-refractivity contribution is -0.394. The second kappa shape index (κ2) is 9.21. The molecule has 0 saturated heterocycles. The predicted octanol–water partition coefficient (Wildman–Crippen LogP) is 3.29. The van der Waals surface area contributed by atoms with Crippen LogP contribution in [0.25, 0.3) is 0 Å². The molecule has 0 heterocycles. The van der Waals surface area contributed by atoms with Crippen LogP contribution in [-0.2, 0) is 0 Å². The number of rotatable bonds is 8. The highest BCUT2D eigenvalue weighted by Gasteiger charge is 2.24. The average Bonchev–Trinajstić information content (AvgIpc) is 2.67. The molecular weight excluding hydrogens is 368 g/mol. The number of amides is 2. The van der Waals surface area contributed by atoms with Gasteiger partial charge in [-0.3, -0.25) is 29.8 Å². The Bertz CT molecular complexity index is 928. The molecule has 0 aliphatic rings. The van der Waals surface area contributed by atoms with Crippen molar-refractivity contribution >= 4 is 28.9 Å². The minimum Gasteiger partial charge on any atom is -0.352 e. The zero-order valence-electron chi connectivity index (χ0n) is 15.0. The van der Waals surface area contributed by atoms with Crippen molar-refractivity contribution in [3.63, 3.8) is 0 Å². The summed E-state index contributed by atoms with van der Waals surface area (Å²) in [6.45, 7) is 2.53. The van der Waals surface area contributed by atoms with E-state index in [1.165, 1.54) is 12.1 Å². The first-order chi connectivity index (χ1) is 13.3. The van der Waals surface area contributed by atoms with Crippen molar-refractivity contribution in [3.8, 4) is 0 Å². The summed E-state index contributed by atoms with van der Waals surface area (Å²) in [6.07, 6.45) is 1.77. The van der Waals surface area contributed by atoms with E-state index in [0.29, 0.717) is 12.1 Å². The summed E-state index contributed by atoms with van der Waals surface area (Å²) in [4.78, 5) is 44.8. The zero-order valence-corrected chi connectivity index (χ0v) is 15.0. The molecule has 10 nitrogen and oxygen atoms in total. The van der Waals surface area contributed by atoms with Crippen LogP contribution in [0, 0.1) is 20.2 Å². The normalized spacial score (nSPS) is 10.2. The quantitative estimate of drug-likeness (QED) is 0.404. The molecule has 0 bridgehead atoms. The first-order valence-corrected chi connectivity index (χ1v) is 8.46. The number of nitro benzene ring substituents is 2. The number of carbonyl (C=O) groups is 2. The second-order valence-corrected chi connectivity index (χ2v) is 5.86. The van der Waals surface area contributed by atoms with Gasteiger partial charge in [0, 0.05) is 23.9 Å². The molecule has 2 aromatic carbocycles. The number of anilines is 1. The van der Waals surface area contributed by atoms with E-state index in [2.05, 4.69) is 10.6 Å². The van der Waals surface area contributed by atoms with E-state index in [4.69, 9.17) is 0 Å². The van der Waals surface area contributed by atoms with Crippen LogP contribution in [0.1, 0.15) is 40.5 Å². The van der Waals surface area contributed by atoms with Gasteiger partial charge < -0.3 is 10.6 Å². The Morgan fingerprint density at radius 2 is 1.75 bits per heavy atom. The molecule has 0 spiro atoms. The lowest BCUT2D eigenvalue weighted by atomic mass is 10.1. The monoisotopic (exact) mass is 386 g/mol. The van der Waals surface area contributed by atoms with Gasteiger partial charge in [0.25, 0.3) is 23.2 Å². The SMILES string of the molecule is CCCCNC(=O)c1cccc(NC(=O)c2ccc([N+](=O)[O-])cc2[N+](=O)[O-])c1. The van der Waals surface area contributed by atoms with Crippen molar-refractivity contribution < 1.29 is 19.4 Å². The van der Waals surface area contributed by atoms with Crippen LogP contribution in [0.2, 0.25) is 0 Å². The Morgan fingerprint density at radius 1 is 1.00 bits per heavy atom. The molecule has 10 heteroatoms. The Hall–Kier alpha value is -3.82. The highest BCUT2D eigenvalue weighted by Crippen LogP contribution is 2.25. The highest BCUT2D eigenvalue weighted by molar-refractivity contribution is 6.07. The lowest BCUT2D eigenvalue weighted by Gasteiger charge is -2.08. The number of nitrogens with zero attached hydrogens (tertiary/aromatic N) is 2. The number of unbranched alkanes of at least 4 members (excludes halogenated alkanes) is 1. The molecular formula is C18H18N4O6. The van der Waals surface area contributed by atoms with Gasteiger partial charge in [0.15, 0.2) is 0 Å². The Morgan fingerprint density at radius 3 is 2.39 bits per heavy atom. The highest BCUT2D eigenvalue weighted by atomic mass is 16.6. The molecule has 0 saturated carbocycles. The first kappa shape index (κ1) is 20.5. The van der Waals surface area contributed by atoms with E-state index in [0.717, 1.165) is 31.0 Å². The van der Waals surface area contributed by atoms with Crippen molar-refractivity contribution in [3.05, 3.63) is 73.8 Å². The van der Waals surface area contributed by atoms with Gasteiger partial charge in [-0.05, 0) is 30.7 Å². The molecule has 2 N–H and O–H groups in total. The first-order valence-electron chi connectivity index (χ1n) is 8.46. The number of non-ortho nitro benzene ring substituents is 1. The third-order valence-corrected chi connectivity index (χ3v) is 3.83. The molecule has 0 radical (unpaired) electrons. The summed E-state index contributed by atoms with van der Waals surface area (Å²) < 4.78 is 0. The third-order valence-electron chi connectivity index (χ3n) is 3.83. The average molecular weight is 386 g/mol. The van der Waals surface area contributed by atoms with Gasteiger partial charge in [-0.2, -0.15) is 0 Å². The summed E-state index contributed by atoms with van der Waals surface area (Å²) in [5, 5.41) is 27.2. The molecule has 0 aromatic heterocycles. The summed E-state index contributed by atoms with van der Waals surface area (Å²) in [5.41, 5.74) is -0.907. The van der Waals surface area contributed by atoms with E-state index >= 15 is 0 Å². The van der Waals surface area contributed by atoms with Gasteiger partial charge >= 0.3 is 0 Å². The fourth-order valence-corrected chi connectivity index (χ4v) is 2.39. The largest absolute Gasteiger partial charge is 0.352 e. The van der Waals surface area contributed by atoms with Gasteiger partial charge in [-0.15, -0.1) is 0 Å². The number of carbonyl (C=O) groups excluding carboxylic acids is 2. The minimum atomic E-state index is -0.862. The fraction of sp³-hybridized carbons (Fsp3) is 0.222. The van der Waals surface area contributed by atoms with E-state index in [1.807, 2.05) is 6.92 Å². The fourth-order valence-electron chi connectivity index (χ4n) is 2.39. The zero-order chi connectivity index (χ0) is 20.7.